The summed E-state index contributed by atoms with van der Waals surface area (Å²) < 4.78 is 40.6. The number of fused-ring (bicyclic) bond motifs is 1. The Labute approximate surface area is 164 Å². The van der Waals surface area contributed by atoms with E-state index in [-0.39, 0.29) is 13.2 Å². The molecule has 1 saturated carbocycles. The van der Waals surface area contributed by atoms with Gasteiger partial charge in [-0.15, -0.1) is 0 Å². The molecule has 0 unspecified atom stereocenters. The number of rotatable bonds is 6. The van der Waals surface area contributed by atoms with Crippen molar-refractivity contribution in [1.82, 2.24) is 5.01 Å². The maximum atomic E-state index is 15.2. The van der Waals surface area contributed by atoms with Crippen molar-refractivity contribution in [3.05, 3.63) is 17.4 Å². The van der Waals surface area contributed by atoms with Crippen LogP contribution in [0, 0.1) is 11.7 Å². The second-order valence-electron chi connectivity index (χ2n) is 8.04. The number of hydrogen-bond acceptors (Lipinski definition) is 7. The van der Waals surface area contributed by atoms with E-state index in [1.54, 1.807) is 17.0 Å². The lowest BCUT2D eigenvalue weighted by atomic mass is 9.99. The van der Waals surface area contributed by atoms with Crippen molar-refractivity contribution in [3.63, 3.8) is 0 Å². The highest BCUT2D eigenvalue weighted by Crippen LogP contribution is 2.49. The molecule has 0 amide bonds. The van der Waals surface area contributed by atoms with Gasteiger partial charge in [-0.2, -0.15) is 0 Å². The Morgan fingerprint density at radius 1 is 1.25 bits per heavy atom. The van der Waals surface area contributed by atoms with Crippen molar-refractivity contribution in [2.45, 2.75) is 37.6 Å². The van der Waals surface area contributed by atoms with Crippen LogP contribution in [-0.4, -0.2) is 63.8 Å². The summed E-state index contributed by atoms with van der Waals surface area (Å²) >= 11 is 0. The summed E-state index contributed by atoms with van der Waals surface area (Å²) in [4.78, 5) is 3.90. The maximum absolute atomic E-state index is 15.2. The fourth-order valence-electron chi connectivity index (χ4n) is 4.49. The van der Waals surface area contributed by atoms with Gasteiger partial charge in [0.2, 0.25) is 0 Å². The SMILES string of the molecule is COC[C@@H](N)[C@H]1CN(c2c(F)cc3c(c2OC)N(C2CC2)CN(N)C3)C[C@@H]1F. The lowest BCUT2D eigenvalue weighted by Gasteiger charge is -2.38. The number of anilines is 2. The molecule has 0 bridgehead atoms. The summed E-state index contributed by atoms with van der Waals surface area (Å²) in [5, 5.41) is 1.67. The van der Waals surface area contributed by atoms with Crippen molar-refractivity contribution < 1.29 is 18.3 Å². The first-order chi connectivity index (χ1) is 13.4. The van der Waals surface area contributed by atoms with E-state index in [1.165, 1.54) is 13.2 Å². The molecule has 3 atom stereocenters. The fraction of sp³-hybridized carbons (Fsp3) is 0.684. The van der Waals surface area contributed by atoms with E-state index >= 15 is 4.39 Å². The van der Waals surface area contributed by atoms with E-state index in [4.69, 9.17) is 21.1 Å². The quantitative estimate of drug-likeness (QED) is 0.698. The van der Waals surface area contributed by atoms with Crippen molar-refractivity contribution in [2.75, 3.05) is 50.4 Å². The predicted octanol–water partition coefficient (Wildman–Crippen LogP) is 1.20. The summed E-state index contributed by atoms with van der Waals surface area (Å²) in [7, 11) is 3.08. The van der Waals surface area contributed by atoms with Crippen LogP contribution < -0.4 is 26.1 Å². The Kier molecular flexibility index (Phi) is 5.34. The minimum Gasteiger partial charge on any atom is -0.492 e. The lowest BCUT2D eigenvalue weighted by Crippen LogP contribution is -2.47. The Balaban J connectivity index is 1.71. The monoisotopic (exact) mass is 397 g/mol. The zero-order chi connectivity index (χ0) is 20.0. The molecule has 1 aromatic carbocycles. The molecular weight excluding hydrogens is 368 g/mol. The molecule has 1 saturated heterocycles. The molecular formula is C19H29F2N5O2. The molecule has 4 N–H and O–H groups in total. The number of ether oxygens (including phenoxy) is 2. The van der Waals surface area contributed by atoms with Gasteiger partial charge >= 0.3 is 0 Å². The molecule has 0 spiro atoms. The third kappa shape index (κ3) is 3.41. The van der Waals surface area contributed by atoms with Gasteiger partial charge < -0.3 is 25.0 Å². The van der Waals surface area contributed by atoms with Gasteiger partial charge in [-0.25, -0.2) is 13.8 Å². The van der Waals surface area contributed by atoms with Crippen molar-refractivity contribution in [1.29, 1.82) is 0 Å². The average molecular weight is 397 g/mol. The van der Waals surface area contributed by atoms with Crippen LogP contribution in [0.4, 0.5) is 20.2 Å². The zero-order valence-electron chi connectivity index (χ0n) is 16.4. The number of halogens is 2. The van der Waals surface area contributed by atoms with Gasteiger partial charge in [0.1, 0.15) is 11.9 Å². The van der Waals surface area contributed by atoms with E-state index in [0.29, 0.717) is 37.2 Å². The van der Waals surface area contributed by atoms with E-state index < -0.39 is 23.9 Å². The fourth-order valence-corrected chi connectivity index (χ4v) is 4.49. The molecule has 1 aliphatic carbocycles. The molecule has 4 rings (SSSR count). The number of alkyl halides is 1. The van der Waals surface area contributed by atoms with Crippen LogP contribution in [0.15, 0.2) is 6.07 Å². The standard InChI is InChI=1S/C19H29F2N5O2/c1-27-9-16(22)13-7-24(8-15(13)21)18-14(20)5-11-6-25(23)10-26(12-3-4-12)17(11)19(18)28-2/h5,12-13,15-16H,3-4,6-10,22-23H2,1-2H3/t13-,15-,16+/m0/s1. The highest BCUT2D eigenvalue weighted by Gasteiger charge is 2.42. The lowest BCUT2D eigenvalue weighted by molar-refractivity contribution is 0.138. The summed E-state index contributed by atoms with van der Waals surface area (Å²) in [5.41, 5.74) is 8.06. The topological polar surface area (TPSA) is 80.2 Å². The minimum atomic E-state index is -1.15. The molecule has 3 aliphatic rings. The second kappa shape index (κ2) is 7.62. The van der Waals surface area contributed by atoms with E-state index in [2.05, 4.69) is 4.90 Å². The molecule has 2 aliphatic heterocycles. The predicted molar refractivity (Wildman–Crippen MR) is 104 cm³/mol. The van der Waals surface area contributed by atoms with Crippen LogP contribution in [0.3, 0.4) is 0 Å². The molecule has 9 heteroatoms. The number of benzene rings is 1. The van der Waals surface area contributed by atoms with Crippen LogP contribution in [0.2, 0.25) is 0 Å². The minimum absolute atomic E-state index is 0.0839. The number of hydrogen-bond donors (Lipinski definition) is 2. The van der Waals surface area contributed by atoms with Crippen LogP contribution in [-0.2, 0) is 11.3 Å². The smallest absolute Gasteiger partial charge is 0.168 e. The molecule has 0 radical (unpaired) electrons. The Morgan fingerprint density at radius 3 is 2.64 bits per heavy atom. The van der Waals surface area contributed by atoms with Gasteiger partial charge in [-0.05, 0) is 24.5 Å². The number of hydrazine groups is 1. The molecule has 156 valence electrons. The van der Waals surface area contributed by atoms with Crippen LogP contribution in [0.1, 0.15) is 18.4 Å². The van der Waals surface area contributed by atoms with Crippen molar-refractivity contribution in [2.24, 2.45) is 17.5 Å². The largest absolute Gasteiger partial charge is 0.492 e. The highest BCUT2D eigenvalue weighted by atomic mass is 19.1. The van der Waals surface area contributed by atoms with E-state index in [1.807, 2.05) is 0 Å². The molecule has 2 heterocycles. The molecule has 7 nitrogen and oxygen atoms in total. The number of methoxy groups -OCH3 is 2. The highest BCUT2D eigenvalue weighted by molar-refractivity contribution is 5.78. The first-order valence-electron chi connectivity index (χ1n) is 9.73. The van der Waals surface area contributed by atoms with Crippen LogP contribution >= 0.6 is 0 Å². The zero-order valence-corrected chi connectivity index (χ0v) is 16.4. The molecule has 2 fully saturated rings. The Bertz CT molecular complexity index is 733. The molecule has 1 aromatic rings. The van der Waals surface area contributed by atoms with Crippen molar-refractivity contribution >= 4 is 11.4 Å². The number of nitrogens with two attached hydrogens (primary N) is 2. The normalized spacial score (nSPS) is 26.5. The summed E-state index contributed by atoms with van der Waals surface area (Å²) in [6.45, 7) is 1.68. The third-order valence-electron chi connectivity index (χ3n) is 5.96. The van der Waals surface area contributed by atoms with E-state index in [0.717, 1.165) is 24.1 Å². The van der Waals surface area contributed by atoms with Crippen molar-refractivity contribution in [3.8, 4) is 5.75 Å². The third-order valence-corrected chi connectivity index (χ3v) is 5.96. The van der Waals surface area contributed by atoms with Gasteiger partial charge in [0.25, 0.3) is 0 Å². The summed E-state index contributed by atoms with van der Waals surface area (Å²) in [6.07, 6.45) is 1.00. The van der Waals surface area contributed by atoms with Crippen LogP contribution in [0.5, 0.6) is 5.75 Å². The Morgan fingerprint density at radius 2 is 2.00 bits per heavy atom. The molecule has 28 heavy (non-hydrogen) atoms. The summed E-state index contributed by atoms with van der Waals surface area (Å²) in [5.74, 6) is 5.67. The first kappa shape index (κ1) is 19.6. The van der Waals surface area contributed by atoms with Crippen LogP contribution in [0.25, 0.3) is 0 Å². The molecule has 0 aromatic heterocycles. The maximum Gasteiger partial charge on any atom is 0.168 e. The first-order valence-corrected chi connectivity index (χ1v) is 9.73. The van der Waals surface area contributed by atoms with Gasteiger partial charge in [-0.1, -0.05) is 0 Å². The van der Waals surface area contributed by atoms with Gasteiger partial charge in [0.15, 0.2) is 11.6 Å². The Hall–Kier alpha value is -1.68. The second-order valence-corrected chi connectivity index (χ2v) is 8.04. The van der Waals surface area contributed by atoms with E-state index in [9.17, 15) is 4.39 Å². The number of nitrogens with zero attached hydrogens (tertiary/aromatic N) is 3. The van der Waals surface area contributed by atoms with Gasteiger partial charge in [-0.3, -0.25) is 5.84 Å². The van der Waals surface area contributed by atoms with Gasteiger partial charge in [0.05, 0.1) is 26.1 Å². The average Bonchev–Trinajstić information content (AvgIpc) is 3.42. The van der Waals surface area contributed by atoms with Gasteiger partial charge in [0, 0.05) is 44.7 Å². The summed E-state index contributed by atoms with van der Waals surface area (Å²) in [6, 6.07) is 1.45.